The monoisotopic (exact) mass is 390 g/mol. The molecule has 0 fully saturated rings. The van der Waals surface area contributed by atoms with Gasteiger partial charge in [-0.1, -0.05) is 25.1 Å². The number of aryl methyl sites for hydroxylation is 2. The first-order valence-electron chi connectivity index (χ1n) is 8.86. The molecule has 0 aromatic heterocycles. The Hall–Kier alpha value is -2.38. The highest BCUT2D eigenvalue weighted by Crippen LogP contribution is 2.22. The lowest BCUT2D eigenvalue weighted by Crippen LogP contribution is -2.30. The van der Waals surface area contributed by atoms with Gasteiger partial charge in [0, 0.05) is 11.7 Å². The molecule has 2 aromatic rings. The van der Waals surface area contributed by atoms with Crippen molar-refractivity contribution < 1.29 is 17.9 Å². The number of carbonyl (C=O) groups is 1. The fourth-order valence-corrected chi connectivity index (χ4v) is 3.95. The van der Waals surface area contributed by atoms with E-state index < -0.39 is 10.0 Å². The summed E-state index contributed by atoms with van der Waals surface area (Å²) in [7, 11) is -3.56. The average Bonchev–Trinajstić information content (AvgIpc) is 2.60. The molecule has 0 aliphatic heterocycles. The summed E-state index contributed by atoms with van der Waals surface area (Å²) < 4.78 is 32.5. The fraction of sp³-hybridized carbons (Fsp3) is 0.350. The minimum atomic E-state index is -3.56. The Labute approximate surface area is 161 Å². The standard InChI is InChI=1S/C20H26N2O4S/c1-5-16-8-6-7-9-18(16)21-20(23)13-26-19-11-10-17(12-15(19)4)27(24,25)22-14(2)3/h6-12,14,22H,5,13H2,1-4H3,(H,21,23). The van der Waals surface area contributed by atoms with E-state index in [2.05, 4.69) is 10.0 Å². The molecule has 0 bridgehead atoms. The number of nitrogens with one attached hydrogen (secondary N) is 2. The number of hydrogen-bond acceptors (Lipinski definition) is 4. The van der Waals surface area contributed by atoms with Crippen molar-refractivity contribution in [1.29, 1.82) is 0 Å². The molecule has 0 spiro atoms. The Morgan fingerprint density at radius 1 is 1.15 bits per heavy atom. The Morgan fingerprint density at radius 2 is 1.85 bits per heavy atom. The molecular formula is C20H26N2O4S. The molecule has 0 atom stereocenters. The van der Waals surface area contributed by atoms with Crippen LogP contribution in [-0.4, -0.2) is 27.0 Å². The number of anilines is 1. The normalized spacial score (nSPS) is 11.4. The van der Waals surface area contributed by atoms with Crippen molar-refractivity contribution in [2.45, 2.75) is 45.1 Å². The summed E-state index contributed by atoms with van der Waals surface area (Å²) in [6, 6.07) is 12.0. The summed E-state index contributed by atoms with van der Waals surface area (Å²) in [5.41, 5.74) is 2.46. The lowest BCUT2D eigenvalue weighted by molar-refractivity contribution is -0.118. The van der Waals surface area contributed by atoms with Crippen LogP contribution in [0.3, 0.4) is 0 Å². The largest absolute Gasteiger partial charge is 0.483 e. The van der Waals surface area contributed by atoms with E-state index in [4.69, 9.17) is 4.74 Å². The van der Waals surface area contributed by atoms with Gasteiger partial charge in [-0.3, -0.25) is 4.79 Å². The van der Waals surface area contributed by atoms with Gasteiger partial charge in [0.1, 0.15) is 5.75 Å². The lowest BCUT2D eigenvalue weighted by Gasteiger charge is -2.13. The van der Waals surface area contributed by atoms with Crippen LogP contribution >= 0.6 is 0 Å². The van der Waals surface area contributed by atoms with E-state index in [-0.39, 0.29) is 23.5 Å². The molecule has 146 valence electrons. The molecule has 0 aliphatic rings. The van der Waals surface area contributed by atoms with Gasteiger partial charge >= 0.3 is 0 Å². The molecule has 6 nitrogen and oxygen atoms in total. The zero-order chi connectivity index (χ0) is 20.0. The maximum atomic E-state index is 12.2. The summed E-state index contributed by atoms with van der Waals surface area (Å²) in [4.78, 5) is 12.3. The quantitative estimate of drug-likeness (QED) is 0.725. The summed E-state index contributed by atoms with van der Waals surface area (Å²) in [5, 5.41) is 2.84. The third-order valence-corrected chi connectivity index (χ3v) is 5.53. The van der Waals surface area contributed by atoms with Crippen LogP contribution in [0.15, 0.2) is 47.4 Å². The number of sulfonamides is 1. The highest BCUT2D eigenvalue weighted by Gasteiger charge is 2.17. The molecule has 0 aliphatic carbocycles. The van der Waals surface area contributed by atoms with Crippen molar-refractivity contribution in [3.63, 3.8) is 0 Å². The first-order valence-corrected chi connectivity index (χ1v) is 10.3. The number of rotatable bonds is 8. The molecule has 27 heavy (non-hydrogen) atoms. The third kappa shape index (κ3) is 5.80. The van der Waals surface area contributed by atoms with Crippen molar-refractivity contribution in [2.24, 2.45) is 0 Å². The summed E-state index contributed by atoms with van der Waals surface area (Å²) >= 11 is 0. The van der Waals surface area contributed by atoms with Gasteiger partial charge in [-0.25, -0.2) is 13.1 Å². The number of ether oxygens (including phenoxy) is 1. The average molecular weight is 391 g/mol. The van der Waals surface area contributed by atoms with Crippen LogP contribution in [0, 0.1) is 6.92 Å². The minimum absolute atomic E-state index is 0.158. The van der Waals surface area contributed by atoms with Crippen molar-refractivity contribution in [2.75, 3.05) is 11.9 Å². The van der Waals surface area contributed by atoms with Crippen LogP contribution in [0.2, 0.25) is 0 Å². The zero-order valence-electron chi connectivity index (χ0n) is 16.1. The second kappa shape index (κ2) is 9.01. The second-order valence-corrected chi connectivity index (χ2v) is 8.26. The summed E-state index contributed by atoms with van der Waals surface area (Å²) in [5.74, 6) is 0.200. The Bertz CT molecular complexity index is 908. The molecule has 7 heteroatoms. The Kier molecular flexibility index (Phi) is 6.98. The molecule has 0 radical (unpaired) electrons. The van der Waals surface area contributed by atoms with Gasteiger partial charge < -0.3 is 10.1 Å². The smallest absolute Gasteiger partial charge is 0.262 e. The van der Waals surface area contributed by atoms with E-state index in [1.165, 1.54) is 12.1 Å². The SMILES string of the molecule is CCc1ccccc1NC(=O)COc1ccc(S(=O)(=O)NC(C)C)cc1C. The summed E-state index contributed by atoms with van der Waals surface area (Å²) in [6.07, 6.45) is 0.816. The van der Waals surface area contributed by atoms with Crippen molar-refractivity contribution in [3.8, 4) is 5.75 Å². The molecule has 0 saturated heterocycles. The van der Waals surface area contributed by atoms with Gasteiger partial charge in [0.25, 0.3) is 5.91 Å². The highest BCUT2D eigenvalue weighted by molar-refractivity contribution is 7.89. The molecule has 0 unspecified atom stereocenters. The Balaban J connectivity index is 2.03. The van der Waals surface area contributed by atoms with Gasteiger partial charge in [-0.05, 0) is 62.6 Å². The van der Waals surface area contributed by atoms with Gasteiger partial charge in [-0.2, -0.15) is 0 Å². The molecule has 2 aromatic carbocycles. The third-order valence-electron chi connectivity index (χ3n) is 3.88. The lowest BCUT2D eigenvalue weighted by atomic mass is 10.1. The van der Waals surface area contributed by atoms with E-state index in [0.29, 0.717) is 11.3 Å². The van der Waals surface area contributed by atoms with Crippen molar-refractivity contribution in [3.05, 3.63) is 53.6 Å². The molecule has 2 N–H and O–H groups in total. The van der Waals surface area contributed by atoms with Crippen molar-refractivity contribution >= 4 is 21.6 Å². The molecule has 0 heterocycles. The van der Waals surface area contributed by atoms with Crippen LogP contribution in [0.5, 0.6) is 5.75 Å². The highest BCUT2D eigenvalue weighted by atomic mass is 32.2. The first kappa shape index (κ1) is 20.9. The maximum Gasteiger partial charge on any atom is 0.262 e. The fourth-order valence-electron chi connectivity index (χ4n) is 2.61. The van der Waals surface area contributed by atoms with Gasteiger partial charge in [0.2, 0.25) is 10.0 Å². The molecule has 2 rings (SSSR count). The van der Waals surface area contributed by atoms with Crippen LogP contribution < -0.4 is 14.8 Å². The zero-order valence-corrected chi connectivity index (χ0v) is 16.9. The maximum absolute atomic E-state index is 12.2. The van der Waals surface area contributed by atoms with Crippen LogP contribution in [0.25, 0.3) is 0 Å². The number of carbonyl (C=O) groups excluding carboxylic acids is 1. The topological polar surface area (TPSA) is 84.5 Å². The molecule has 1 amide bonds. The first-order chi connectivity index (χ1) is 12.7. The van der Waals surface area contributed by atoms with E-state index in [1.54, 1.807) is 26.8 Å². The van der Waals surface area contributed by atoms with E-state index in [9.17, 15) is 13.2 Å². The van der Waals surface area contributed by atoms with Crippen LogP contribution in [-0.2, 0) is 21.2 Å². The molecule has 0 saturated carbocycles. The predicted molar refractivity (Wildman–Crippen MR) is 107 cm³/mol. The van der Waals surface area contributed by atoms with Gasteiger partial charge in [0.05, 0.1) is 4.90 Å². The molecular weight excluding hydrogens is 364 g/mol. The van der Waals surface area contributed by atoms with Crippen LogP contribution in [0.4, 0.5) is 5.69 Å². The minimum Gasteiger partial charge on any atom is -0.483 e. The van der Waals surface area contributed by atoms with Gasteiger partial charge in [0.15, 0.2) is 6.61 Å². The number of hydrogen-bond donors (Lipinski definition) is 2. The van der Waals surface area contributed by atoms with E-state index >= 15 is 0 Å². The van der Waals surface area contributed by atoms with Crippen molar-refractivity contribution in [1.82, 2.24) is 4.72 Å². The number of amides is 1. The summed E-state index contributed by atoms with van der Waals surface area (Å²) in [6.45, 7) is 7.13. The number of benzene rings is 2. The predicted octanol–water partition coefficient (Wildman–Crippen LogP) is 3.26. The van der Waals surface area contributed by atoms with E-state index in [0.717, 1.165) is 17.7 Å². The van der Waals surface area contributed by atoms with Crippen LogP contribution in [0.1, 0.15) is 31.9 Å². The van der Waals surface area contributed by atoms with E-state index in [1.807, 2.05) is 31.2 Å². The second-order valence-electron chi connectivity index (χ2n) is 6.55. The van der Waals surface area contributed by atoms with Gasteiger partial charge in [-0.15, -0.1) is 0 Å². The Morgan fingerprint density at radius 3 is 2.48 bits per heavy atom. The number of para-hydroxylation sites is 1.